The van der Waals surface area contributed by atoms with E-state index in [1.165, 1.54) is 10.5 Å². The molecule has 21 heavy (non-hydrogen) atoms. The molecule has 0 aliphatic heterocycles. The normalized spacial score (nSPS) is 11.7. The van der Waals surface area contributed by atoms with Crippen molar-refractivity contribution >= 4 is 29.2 Å². The van der Waals surface area contributed by atoms with E-state index in [9.17, 15) is 4.79 Å². The van der Waals surface area contributed by atoms with Crippen LogP contribution in [0.3, 0.4) is 0 Å². The van der Waals surface area contributed by atoms with E-state index in [0.717, 1.165) is 5.69 Å². The summed E-state index contributed by atoms with van der Waals surface area (Å²) in [5, 5.41) is 5.98. The molecule has 2 aromatic rings. The van der Waals surface area contributed by atoms with Crippen molar-refractivity contribution in [3.05, 3.63) is 54.1 Å². The molecular formula is C16H19N3OS. The molecule has 0 aliphatic carbocycles. The summed E-state index contributed by atoms with van der Waals surface area (Å²) in [5.74, 6) is 0. The summed E-state index contributed by atoms with van der Waals surface area (Å²) in [4.78, 5) is 12.1. The molecule has 4 nitrogen and oxygen atoms in total. The maximum Gasteiger partial charge on any atom is 0.316 e. The van der Waals surface area contributed by atoms with Crippen LogP contribution in [0.25, 0.3) is 0 Å². The molecule has 0 heterocycles. The van der Waals surface area contributed by atoms with Crippen LogP contribution in [0.15, 0.2) is 53.4 Å². The van der Waals surface area contributed by atoms with Crippen LogP contribution >= 0.6 is 11.8 Å². The fraction of sp³-hybridized carbons (Fsp3) is 0.188. The topological polar surface area (TPSA) is 67.2 Å². The molecule has 2 rings (SSSR count). The minimum atomic E-state index is -0.562. The maximum absolute atomic E-state index is 10.9. The van der Waals surface area contributed by atoms with Gasteiger partial charge in [0, 0.05) is 22.3 Å². The zero-order valence-electron chi connectivity index (χ0n) is 12.1. The number of amides is 2. The van der Waals surface area contributed by atoms with Crippen molar-refractivity contribution in [2.75, 3.05) is 16.9 Å². The molecule has 0 saturated carbocycles. The lowest BCUT2D eigenvalue weighted by Crippen LogP contribution is -2.19. The number of benzene rings is 2. The second kappa shape index (κ2) is 7.04. The monoisotopic (exact) mass is 301 g/mol. The first kappa shape index (κ1) is 15.3. The van der Waals surface area contributed by atoms with Gasteiger partial charge < -0.3 is 16.4 Å². The number of hydrogen-bond donors (Lipinski definition) is 3. The third kappa shape index (κ3) is 4.43. The number of thioether (sulfide) groups is 1. The fourth-order valence-corrected chi connectivity index (χ4v) is 2.46. The molecule has 0 bridgehead atoms. The van der Waals surface area contributed by atoms with Crippen LogP contribution in [0.5, 0.6) is 0 Å². The molecule has 0 aromatic heterocycles. The lowest BCUT2D eigenvalue weighted by molar-refractivity contribution is 0.259. The number of anilines is 2. The lowest BCUT2D eigenvalue weighted by atomic mass is 10.1. The van der Waals surface area contributed by atoms with E-state index in [2.05, 4.69) is 48.1 Å². The Kier molecular flexibility index (Phi) is 5.11. The number of nitrogens with two attached hydrogens (primary N) is 1. The summed E-state index contributed by atoms with van der Waals surface area (Å²) < 4.78 is 0. The molecule has 110 valence electrons. The van der Waals surface area contributed by atoms with Crippen LogP contribution in [0.4, 0.5) is 16.2 Å². The van der Waals surface area contributed by atoms with Crippen molar-refractivity contribution in [3.8, 4) is 0 Å². The van der Waals surface area contributed by atoms with E-state index in [-0.39, 0.29) is 6.04 Å². The third-order valence-corrected chi connectivity index (χ3v) is 3.87. The van der Waals surface area contributed by atoms with Crippen LogP contribution in [-0.2, 0) is 0 Å². The van der Waals surface area contributed by atoms with Gasteiger partial charge in [-0.15, -0.1) is 11.8 Å². The van der Waals surface area contributed by atoms with E-state index in [1.54, 1.807) is 17.8 Å². The van der Waals surface area contributed by atoms with Crippen LogP contribution in [0.2, 0.25) is 0 Å². The second-order valence-electron chi connectivity index (χ2n) is 4.71. The highest BCUT2D eigenvalue weighted by molar-refractivity contribution is 7.98. The maximum atomic E-state index is 10.9. The van der Waals surface area contributed by atoms with Crippen molar-refractivity contribution in [1.29, 1.82) is 0 Å². The van der Waals surface area contributed by atoms with Crippen molar-refractivity contribution in [2.24, 2.45) is 5.73 Å². The van der Waals surface area contributed by atoms with Gasteiger partial charge in [0.15, 0.2) is 0 Å². The van der Waals surface area contributed by atoms with Crippen molar-refractivity contribution in [3.63, 3.8) is 0 Å². The molecule has 1 atom stereocenters. The predicted octanol–water partition coefficient (Wildman–Crippen LogP) is 4.07. The van der Waals surface area contributed by atoms with Gasteiger partial charge >= 0.3 is 6.03 Å². The largest absolute Gasteiger partial charge is 0.378 e. The molecule has 0 saturated heterocycles. The lowest BCUT2D eigenvalue weighted by Gasteiger charge is -2.16. The van der Waals surface area contributed by atoms with E-state index >= 15 is 0 Å². The zero-order valence-corrected chi connectivity index (χ0v) is 12.9. The van der Waals surface area contributed by atoms with Crippen molar-refractivity contribution in [1.82, 2.24) is 0 Å². The highest BCUT2D eigenvalue weighted by Gasteiger charge is 2.06. The summed E-state index contributed by atoms with van der Waals surface area (Å²) in [6, 6.07) is 15.6. The fourth-order valence-electron chi connectivity index (χ4n) is 2.05. The Balaban J connectivity index is 2.07. The summed E-state index contributed by atoms with van der Waals surface area (Å²) in [7, 11) is 0. The minimum Gasteiger partial charge on any atom is -0.378 e. The van der Waals surface area contributed by atoms with Crippen LogP contribution in [-0.4, -0.2) is 12.3 Å². The summed E-state index contributed by atoms with van der Waals surface area (Å²) in [6.45, 7) is 2.10. The molecule has 1 unspecified atom stereocenters. The Morgan fingerprint density at radius 1 is 1.14 bits per heavy atom. The number of rotatable bonds is 5. The highest BCUT2D eigenvalue weighted by Crippen LogP contribution is 2.23. The second-order valence-corrected chi connectivity index (χ2v) is 5.59. The average molecular weight is 301 g/mol. The first-order valence-electron chi connectivity index (χ1n) is 6.65. The molecular weight excluding hydrogens is 282 g/mol. The highest BCUT2D eigenvalue weighted by atomic mass is 32.2. The number of nitrogens with one attached hydrogen (secondary N) is 2. The number of carbonyl (C=O) groups excluding carboxylic acids is 1. The molecule has 0 spiro atoms. The molecule has 0 aliphatic rings. The van der Waals surface area contributed by atoms with Crippen molar-refractivity contribution in [2.45, 2.75) is 17.9 Å². The summed E-state index contributed by atoms with van der Waals surface area (Å²) in [5.41, 5.74) is 7.94. The summed E-state index contributed by atoms with van der Waals surface area (Å²) in [6.07, 6.45) is 2.06. The number of carbonyl (C=O) groups is 1. The zero-order chi connectivity index (χ0) is 15.2. The van der Waals surface area contributed by atoms with E-state index < -0.39 is 6.03 Å². The Bertz CT molecular complexity index is 613. The van der Waals surface area contributed by atoms with E-state index in [4.69, 9.17) is 5.73 Å². The number of primary amides is 1. The van der Waals surface area contributed by atoms with Gasteiger partial charge in [-0.2, -0.15) is 0 Å². The molecule has 2 aromatic carbocycles. The van der Waals surface area contributed by atoms with Gasteiger partial charge in [0.2, 0.25) is 0 Å². The van der Waals surface area contributed by atoms with Gasteiger partial charge in [-0.3, -0.25) is 0 Å². The first-order valence-corrected chi connectivity index (χ1v) is 7.88. The first-order chi connectivity index (χ1) is 10.1. The van der Waals surface area contributed by atoms with Gasteiger partial charge in [0.25, 0.3) is 0 Å². The molecule has 2 amide bonds. The standard InChI is InChI=1S/C16H19N3OS/c1-11(12-6-8-15(21-2)9-7-12)18-13-4-3-5-14(10-13)19-16(17)20/h3-11,18H,1-2H3,(H3,17,19,20). The minimum absolute atomic E-state index is 0.171. The van der Waals surface area contributed by atoms with Gasteiger partial charge in [-0.1, -0.05) is 18.2 Å². The third-order valence-electron chi connectivity index (χ3n) is 3.13. The van der Waals surface area contributed by atoms with Crippen LogP contribution < -0.4 is 16.4 Å². The quantitative estimate of drug-likeness (QED) is 0.729. The smallest absolute Gasteiger partial charge is 0.316 e. The Morgan fingerprint density at radius 2 is 1.81 bits per heavy atom. The van der Waals surface area contributed by atoms with Gasteiger partial charge in [0.05, 0.1) is 0 Å². The molecule has 5 heteroatoms. The molecule has 0 fully saturated rings. The SMILES string of the molecule is CSc1ccc(C(C)Nc2cccc(NC(N)=O)c2)cc1. The number of hydrogen-bond acceptors (Lipinski definition) is 3. The van der Waals surface area contributed by atoms with E-state index in [0.29, 0.717) is 5.69 Å². The Labute approximate surface area is 129 Å². The van der Waals surface area contributed by atoms with Crippen molar-refractivity contribution < 1.29 is 4.79 Å². The van der Waals surface area contributed by atoms with Gasteiger partial charge in [-0.25, -0.2) is 4.79 Å². The Morgan fingerprint density at radius 3 is 2.43 bits per heavy atom. The summed E-state index contributed by atoms with van der Waals surface area (Å²) >= 11 is 1.73. The molecule has 4 N–H and O–H groups in total. The van der Waals surface area contributed by atoms with Crippen LogP contribution in [0, 0.1) is 0 Å². The molecule has 0 radical (unpaired) electrons. The number of urea groups is 1. The predicted molar refractivity (Wildman–Crippen MR) is 89.9 cm³/mol. The average Bonchev–Trinajstić information content (AvgIpc) is 2.47. The van der Waals surface area contributed by atoms with Gasteiger partial charge in [0.1, 0.15) is 0 Å². The van der Waals surface area contributed by atoms with E-state index in [1.807, 2.05) is 18.2 Å². The van der Waals surface area contributed by atoms with Gasteiger partial charge in [-0.05, 0) is 49.1 Å². The Hall–Kier alpha value is -2.14. The van der Waals surface area contributed by atoms with Crippen LogP contribution in [0.1, 0.15) is 18.5 Å².